The molecule has 1 nitrogen and oxygen atoms in total. The van der Waals surface area contributed by atoms with Crippen molar-refractivity contribution in [2.45, 2.75) is 40.7 Å². The van der Waals surface area contributed by atoms with E-state index in [4.69, 9.17) is 0 Å². The topological polar surface area (TPSA) is 4.93 Å². The highest BCUT2D eigenvalue weighted by Gasteiger charge is 2.24. The van der Waals surface area contributed by atoms with E-state index in [-0.39, 0.29) is 0 Å². The Labute approximate surface area is 127 Å². The molecule has 0 saturated carbocycles. The van der Waals surface area contributed by atoms with Crippen molar-refractivity contribution in [2.24, 2.45) is 11.3 Å². The Balaban J connectivity index is 2.03. The summed E-state index contributed by atoms with van der Waals surface area (Å²) in [7, 11) is 0. The van der Waals surface area contributed by atoms with Gasteiger partial charge in [-0.15, -0.1) is 0 Å². The lowest BCUT2D eigenvalue weighted by Crippen LogP contribution is -2.24. The molecule has 3 rings (SSSR count). The standard InChI is InChI=1S/C20H25N/c1-5-20(3,4)15(2)14-21-13-12-18-17-9-7-6-8-16(17)10-11-19(18)21/h6-13,15H,5,14H2,1-4H3. The maximum atomic E-state index is 2.42. The number of fused-ring (bicyclic) bond motifs is 3. The first-order chi connectivity index (χ1) is 10.0. The molecular formula is C20H25N. The number of hydrogen-bond donors (Lipinski definition) is 0. The Hall–Kier alpha value is -1.76. The summed E-state index contributed by atoms with van der Waals surface area (Å²) in [6, 6.07) is 15.4. The molecule has 21 heavy (non-hydrogen) atoms. The second kappa shape index (κ2) is 5.22. The van der Waals surface area contributed by atoms with E-state index >= 15 is 0 Å². The molecule has 0 radical (unpaired) electrons. The molecule has 0 N–H and O–H groups in total. The first-order valence-electron chi connectivity index (χ1n) is 7.99. The molecule has 3 aromatic rings. The van der Waals surface area contributed by atoms with Crippen LogP contribution in [0.15, 0.2) is 48.7 Å². The van der Waals surface area contributed by atoms with Gasteiger partial charge in [0.05, 0.1) is 0 Å². The zero-order chi connectivity index (χ0) is 15.0. The van der Waals surface area contributed by atoms with E-state index in [9.17, 15) is 0 Å². The number of benzene rings is 2. The second-order valence-corrected chi connectivity index (χ2v) is 6.93. The highest BCUT2D eigenvalue weighted by Crippen LogP contribution is 2.33. The van der Waals surface area contributed by atoms with E-state index in [2.05, 4.69) is 80.9 Å². The van der Waals surface area contributed by atoms with Crippen LogP contribution in [0.1, 0.15) is 34.1 Å². The van der Waals surface area contributed by atoms with Gasteiger partial charge in [0.25, 0.3) is 0 Å². The van der Waals surface area contributed by atoms with Crippen molar-refractivity contribution in [1.82, 2.24) is 4.57 Å². The van der Waals surface area contributed by atoms with Gasteiger partial charge < -0.3 is 4.57 Å². The lowest BCUT2D eigenvalue weighted by atomic mass is 9.78. The van der Waals surface area contributed by atoms with Crippen molar-refractivity contribution in [1.29, 1.82) is 0 Å². The fourth-order valence-electron chi connectivity index (χ4n) is 3.00. The average Bonchev–Trinajstić information content (AvgIpc) is 2.90. The van der Waals surface area contributed by atoms with Gasteiger partial charge in [-0.3, -0.25) is 0 Å². The van der Waals surface area contributed by atoms with E-state index in [1.165, 1.54) is 28.1 Å². The number of rotatable bonds is 4. The Bertz CT molecular complexity index is 764. The third-order valence-corrected chi connectivity index (χ3v) is 5.39. The van der Waals surface area contributed by atoms with Crippen molar-refractivity contribution in [3.8, 4) is 0 Å². The molecule has 0 aliphatic heterocycles. The van der Waals surface area contributed by atoms with E-state index in [0.29, 0.717) is 11.3 Å². The largest absolute Gasteiger partial charge is 0.347 e. The Morgan fingerprint density at radius 1 is 1.00 bits per heavy atom. The fourth-order valence-corrected chi connectivity index (χ4v) is 3.00. The van der Waals surface area contributed by atoms with Crippen LogP contribution in [-0.4, -0.2) is 4.57 Å². The highest BCUT2D eigenvalue weighted by atomic mass is 15.0. The van der Waals surface area contributed by atoms with Crippen LogP contribution in [0.25, 0.3) is 21.7 Å². The van der Waals surface area contributed by atoms with Crippen molar-refractivity contribution in [3.05, 3.63) is 48.7 Å². The van der Waals surface area contributed by atoms with Crippen molar-refractivity contribution >= 4 is 21.7 Å². The number of aromatic nitrogens is 1. The number of hydrogen-bond acceptors (Lipinski definition) is 0. The molecule has 2 aromatic carbocycles. The summed E-state index contributed by atoms with van der Waals surface area (Å²) < 4.78 is 2.42. The third-order valence-electron chi connectivity index (χ3n) is 5.39. The second-order valence-electron chi connectivity index (χ2n) is 6.93. The summed E-state index contributed by atoms with van der Waals surface area (Å²) in [5.74, 6) is 0.657. The van der Waals surface area contributed by atoms with Gasteiger partial charge in [-0.1, -0.05) is 64.4 Å². The molecule has 0 spiro atoms. The average molecular weight is 279 g/mol. The van der Waals surface area contributed by atoms with Crippen LogP contribution in [0, 0.1) is 11.3 Å². The van der Waals surface area contributed by atoms with Crippen LogP contribution in [0.2, 0.25) is 0 Å². The van der Waals surface area contributed by atoms with Gasteiger partial charge in [0, 0.05) is 23.6 Å². The van der Waals surface area contributed by atoms with Crippen molar-refractivity contribution in [3.63, 3.8) is 0 Å². The van der Waals surface area contributed by atoms with Gasteiger partial charge in [0.15, 0.2) is 0 Å². The van der Waals surface area contributed by atoms with Gasteiger partial charge >= 0.3 is 0 Å². The molecule has 1 heterocycles. The first kappa shape index (κ1) is 14.2. The molecule has 0 amide bonds. The molecule has 1 heteroatoms. The summed E-state index contributed by atoms with van der Waals surface area (Å²) >= 11 is 0. The lowest BCUT2D eigenvalue weighted by molar-refractivity contribution is 0.199. The Morgan fingerprint density at radius 3 is 2.52 bits per heavy atom. The Morgan fingerprint density at radius 2 is 1.76 bits per heavy atom. The molecule has 110 valence electrons. The maximum Gasteiger partial charge on any atom is 0.0486 e. The summed E-state index contributed by atoms with van der Waals surface area (Å²) in [5.41, 5.74) is 1.74. The number of nitrogens with zero attached hydrogens (tertiary/aromatic N) is 1. The SMILES string of the molecule is CCC(C)(C)C(C)Cn1ccc2c3ccccc3ccc21. The summed E-state index contributed by atoms with van der Waals surface area (Å²) in [4.78, 5) is 0. The van der Waals surface area contributed by atoms with Crippen LogP contribution in [-0.2, 0) is 6.54 Å². The van der Waals surface area contributed by atoms with Gasteiger partial charge in [-0.25, -0.2) is 0 Å². The summed E-state index contributed by atoms with van der Waals surface area (Å²) in [6.07, 6.45) is 3.47. The highest BCUT2D eigenvalue weighted by molar-refractivity contribution is 6.06. The molecule has 1 unspecified atom stereocenters. The van der Waals surface area contributed by atoms with Crippen molar-refractivity contribution in [2.75, 3.05) is 0 Å². The normalized spacial score (nSPS) is 13.9. The van der Waals surface area contributed by atoms with Crippen LogP contribution in [0.3, 0.4) is 0 Å². The third kappa shape index (κ3) is 2.46. The molecule has 0 aliphatic carbocycles. The fraction of sp³-hybridized carbons (Fsp3) is 0.400. The van der Waals surface area contributed by atoms with Gasteiger partial charge in [0.2, 0.25) is 0 Å². The first-order valence-corrected chi connectivity index (χ1v) is 7.99. The van der Waals surface area contributed by atoms with Crippen molar-refractivity contribution < 1.29 is 0 Å². The van der Waals surface area contributed by atoms with E-state index in [0.717, 1.165) is 6.54 Å². The van der Waals surface area contributed by atoms with Crippen LogP contribution in [0.4, 0.5) is 0 Å². The van der Waals surface area contributed by atoms with Gasteiger partial charge in [0.1, 0.15) is 0 Å². The molecule has 1 atom stereocenters. The van der Waals surface area contributed by atoms with Crippen LogP contribution >= 0.6 is 0 Å². The Kier molecular flexibility index (Phi) is 3.52. The molecule has 0 fully saturated rings. The smallest absolute Gasteiger partial charge is 0.0486 e. The minimum atomic E-state index is 0.382. The van der Waals surface area contributed by atoms with E-state index in [1.54, 1.807) is 0 Å². The summed E-state index contributed by atoms with van der Waals surface area (Å²) in [5, 5.41) is 4.05. The predicted molar refractivity (Wildman–Crippen MR) is 92.7 cm³/mol. The molecule has 0 saturated heterocycles. The maximum absolute atomic E-state index is 2.42. The van der Waals surface area contributed by atoms with Gasteiger partial charge in [-0.2, -0.15) is 0 Å². The molecule has 0 aliphatic rings. The molecule has 0 bridgehead atoms. The van der Waals surface area contributed by atoms with E-state index in [1.807, 2.05) is 0 Å². The molecular weight excluding hydrogens is 254 g/mol. The van der Waals surface area contributed by atoms with Gasteiger partial charge in [-0.05, 0) is 34.2 Å². The predicted octanol–water partition coefficient (Wildman–Crippen LogP) is 5.87. The van der Waals surface area contributed by atoms with E-state index < -0.39 is 0 Å². The van der Waals surface area contributed by atoms with Crippen LogP contribution in [0.5, 0.6) is 0 Å². The minimum Gasteiger partial charge on any atom is -0.347 e. The zero-order valence-corrected chi connectivity index (χ0v) is 13.6. The summed E-state index contributed by atoms with van der Waals surface area (Å²) in [6.45, 7) is 10.5. The zero-order valence-electron chi connectivity index (χ0n) is 13.6. The molecule has 1 aromatic heterocycles. The quantitative estimate of drug-likeness (QED) is 0.563. The monoisotopic (exact) mass is 279 g/mol. The lowest BCUT2D eigenvalue weighted by Gasteiger charge is -2.31. The minimum absolute atomic E-state index is 0.382. The van der Waals surface area contributed by atoms with Crippen LogP contribution < -0.4 is 0 Å².